The maximum absolute atomic E-state index is 12.9. The quantitative estimate of drug-likeness (QED) is 0.0343. The molecule has 0 aromatic rings. The summed E-state index contributed by atoms with van der Waals surface area (Å²) in [6, 6.07) is 0. The van der Waals surface area contributed by atoms with Gasteiger partial charge in [-0.1, -0.05) is 298 Å². The van der Waals surface area contributed by atoms with Crippen LogP contribution in [0.4, 0.5) is 0 Å². The van der Waals surface area contributed by atoms with Crippen molar-refractivity contribution in [2.45, 2.75) is 343 Å². The predicted octanol–water partition coefficient (Wildman–Crippen LogP) is 19.7. The maximum Gasteiger partial charge on any atom is 0.306 e. The number of ether oxygens (including phenoxy) is 3. The first-order valence-corrected chi connectivity index (χ1v) is 29.7. The average molecular weight is 934 g/mol. The van der Waals surface area contributed by atoms with Gasteiger partial charge in [-0.3, -0.25) is 14.4 Å². The van der Waals surface area contributed by atoms with E-state index in [1.165, 1.54) is 225 Å². The van der Waals surface area contributed by atoms with E-state index in [0.29, 0.717) is 19.3 Å². The zero-order chi connectivity index (χ0) is 48.2. The van der Waals surface area contributed by atoms with Crippen molar-refractivity contribution in [3.8, 4) is 0 Å². The van der Waals surface area contributed by atoms with Gasteiger partial charge in [0.05, 0.1) is 0 Å². The molecule has 0 saturated heterocycles. The van der Waals surface area contributed by atoms with Crippen molar-refractivity contribution in [3.05, 3.63) is 0 Å². The lowest BCUT2D eigenvalue weighted by atomic mass is 10.0. The lowest BCUT2D eigenvalue weighted by Gasteiger charge is -2.18. The highest BCUT2D eigenvalue weighted by molar-refractivity contribution is 5.71. The lowest BCUT2D eigenvalue weighted by molar-refractivity contribution is -0.167. The summed E-state index contributed by atoms with van der Waals surface area (Å²) in [5, 5.41) is 0. The molecule has 0 rings (SSSR count). The molecule has 1 atom stereocenters. The van der Waals surface area contributed by atoms with E-state index in [1.54, 1.807) is 0 Å². The van der Waals surface area contributed by atoms with Gasteiger partial charge in [0.2, 0.25) is 0 Å². The minimum Gasteiger partial charge on any atom is -0.462 e. The molecule has 0 saturated carbocycles. The fourth-order valence-electron chi connectivity index (χ4n) is 9.23. The summed E-state index contributed by atoms with van der Waals surface area (Å²) in [5.41, 5.74) is 0. The van der Waals surface area contributed by atoms with Crippen molar-refractivity contribution >= 4 is 17.9 Å². The summed E-state index contributed by atoms with van der Waals surface area (Å²) in [4.78, 5) is 38.1. The van der Waals surface area contributed by atoms with Crippen LogP contribution in [0.2, 0.25) is 0 Å². The molecule has 0 bridgehead atoms. The van der Waals surface area contributed by atoms with Crippen LogP contribution < -0.4 is 0 Å². The normalized spacial score (nSPS) is 12.0. The Labute approximate surface area is 412 Å². The summed E-state index contributed by atoms with van der Waals surface area (Å²) < 4.78 is 16.9. The monoisotopic (exact) mass is 933 g/mol. The number of carbonyl (C=O) groups excluding carboxylic acids is 3. The molecule has 6 heteroatoms. The first-order valence-electron chi connectivity index (χ1n) is 29.7. The third-order valence-electron chi connectivity index (χ3n) is 13.7. The maximum atomic E-state index is 12.9. The minimum atomic E-state index is -0.762. The second-order valence-electron chi connectivity index (χ2n) is 21.6. The second kappa shape index (κ2) is 52.8. The summed E-state index contributed by atoms with van der Waals surface area (Å²) in [7, 11) is 0. The lowest BCUT2D eigenvalue weighted by Crippen LogP contribution is -2.30. The summed E-state index contributed by atoms with van der Waals surface area (Å²) in [5.74, 6) is 0.855. The third kappa shape index (κ3) is 53.4. The number of hydrogen-bond acceptors (Lipinski definition) is 6. The zero-order valence-corrected chi connectivity index (χ0v) is 45.3. The molecular weight excluding hydrogens is 817 g/mol. The van der Waals surface area contributed by atoms with Crippen molar-refractivity contribution in [2.75, 3.05) is 13.2 Å². The standard InChI is InChI=1S/C60H116O6/c1-6-7-8-9-10-11-12-25-30-35-40-45-50-58(61)64-53-57(54-65-59(62)51-46-41-36-31-26-22-21-24-29-34-39-44-49-56(4)5)66-60(63)52-47-42-37-32-27-20-18-16-14-13-15-17-19-23-28-33-38-43-48-55(2)3/h55-57H,6-54H2,1-5H3/t57-/m1/s1. The fourth-order valence-corrected chi connectivity index (χ4v) is 9.23. The molecule has 66 heavy (non-hydrogen) atoms. The van der Waals surface area contributed by atoms with Gasteiger partial charge in [-0.25, -0.2) is 0 Å². The Bertz CT molecular complexity index is 1010. The van der Waals surface area contributed by atoms with Crippen LogP contribution in [-0.4, -0.2) is 37.2 Å². The van der Waals surface area contributed by atoms with E-state index in [9.17, 15) is 14.4 Å². The average Bonchev–Trinajstić information content (AvgIpc) is 3.29. The number of rotatable bonds is 54. The van der Waals surface area contributed by atoms with E-state index in [4.69, 9.17) is 14.2 Å². The first-order chi connectivity index (χ1) is 32.2. The largest absolute Gasteiger partial charge is 0.462 e. The van der Waals surface area contributed by atoms with E-state index in [2.05, 4.69) is 34.6 Å². The van der Waals surface area contributed by atoms with Crippen LogP contribution in [0.15, 0.2) is 0 Å². The van der Waals surface area contributed by atoms with E-state index in [1.807, 2.05) is 0 Å². The Hall–Kier alpha value is -1.59. The van der Waals surface area contributed by atoms with Crippen molar-refractivity contribution in [3.63, 3.8) is 0 Å². The summed E-state index contributed by atoms with van der Waals surface area (Å²) in [6.45, 7) is 11.4. The molecular formula is C60H116O6. The molecule has 0 aliphatic rings. The van der Waals surface area contributed by atoms with E-state index in [0.717, 1.165) is 69.6 Å². The van der Waals surface area contributed by atoms with Gasteiger partial charge >= 0.3 is 17.9 Å². The van der Waals surface area contributed by atoms with Crippen LogP contribution in [0.25, 0.3) is 0 Å². The number of unbranched alkanes of at least 4 members (excludes halogenated alkanes) is 39. The molecule has 0 aliphatic heterocycles. The van der Waals surface area contributed by atoms with Gasteiger partial charge in [0.25, 0.3) is 0 Å². The molecule has 0 amide bonds. The van der Waals surface area contributed by atoms with Crippen LogP contribution >= 0.6 is 0 Å². The molecule has 0 aromatic carbocycles. The SMILES string of the molecule is CCCCCCCCCCCCCCC(=O)OC[C@H](COC(=O)CCCCCCCCCCCCCCC(C)C)OC(=O)CCCCCCCCCCCCCCCCCCCCC(C)C. The van der Waals surface area contributed by atoms with Crippen molar-refractivity contribution in [2.24, 2.45) is 11.8 Å². The van der Waals surface area contributed by atoms with Gasteiger partial charge in [0.1, 0.15) is 13.2 Å². The van der Waals surface area contributed by atoms with Crippen LogP contribution in [0.3, 0.4) is 0 Å². The minimum absolute atomic E-state index is 0.0625. The molecule has 0 radical (unpaired) electrons. The van der Waals surface area contributed by atoms with Crippen molar-refractivity contribution in [1.29, 1.82) is 0 Å². The van der Waals surface area contributed by atoms with Crippen molar-refractivity contribution in [1.82, 2.24) is 0 Å². The Morgan fingerprint density at radius 1 is 0.288 bits per heavy atom. The number of hydrogen-bond donors (Lipinski definition) is 0. The van der Waals surface area contributed by atoms with Gasteiger partial charge in [-0.2, -0.15) is 0 Å². The second-order valence-corrected chi connectivity index (χ2v) is 21.6. The fraction of sp³-hybridized carbons (Fsp3) is 0.950. The molecule has 392 valence electrons. The Kier molecular flexibility index (Phi) is 51.5. The highest BCUT2D eigenvalue weighted by atomic mass is 16.6. The van der Waals surface area contributed by atoms with E-state index in [-0.39, 0.29) is 31.1 Å². The highest BCUT2D eigenvalue weighted by Gasteiger charge is 2.19. The Morgan fingerprint density at radius 3 is 0.742 bits per heavy atom. The molecule has 0 fully saturated rings. The molecule has 6 nitrogen and oxygen atoms in total. The molecule has 0 aliphatic carbocycles. The summed E-state index contributed by atoms with van der Waals surface area (Å²) in [6.07, 6.45) is 56.7. The van der Waals surface area contributed by atoms with Crippen LogP contribution in [-0.2, 0) is 28.6 Å². The molecule has 0 aromatic heterocycles. The third-order valence-corrected chi connectivity index (χ3v) is 13.7. The Morgan fingerprint density at radius 2 is 0.500 bits per heavy atom. The Balaban J connectivity index is 4.25. The topological polar surface area (TPSA) is 78.9 Å². The van der Waals surface area contributed by atoms with Crippen LogP contribution in [0.5, 0.6) is 0 Å². The van der Waals surface area contributed by atoms with E-state index >= 15 is 0 Å². The van der Waals surface area contributed by atoms with Crippen LogP contribution in [0.1, 0.15) is 336 Å². The molecule has 0 spiro atoms. The van der Waals surface area contributed by atoms with Gasteiger partial charge in [-0.15, -0.1) is 0 Å². The molecule has 0 heterocycles. The predicted molar refractivity (Wildman–Crippen MR) is 284 cm³/mol. The smallest absolute Gasteiger partial charge is 0.306 e. The highest BCUT2D eigenvalue weighted by Crippen LogP contribution is 2.18. The van der Waals surface area contributed by atoms with E-state index < -0.39 is 6.10 Å². The van der Waals surface area contributed by atoms with Gasteiger partial charge in [-0.05, 0) is 31.1 Å². The van der Waals surface area contributed by atoms with Gasteiger partial charge < -0.3 is 14.2 Å². The van der Waals surface area contributed by atoms with Crippen LogP contribution in [0, 0.1) is 11.8 Å². The molecule has 0 unspecified atom stereocenters. The summed E-state index contributed by atoms with van der Waals surface area (Å²) >= 11 is 0. The van der Waals surface area contributed by atoms with Crippen molar-refractivity contribution < 1.29 is 28.6 Å². The van der Waals surface area contributed by atoms with Gasteiger partial charge in [0, 0.05) is 19.3 Å². The molecule has 0 N–H and O–H groups in total. The number of carbonyl (C=O) groups is 3. The van der Waals surface area contributed by atoms with Gasteiger partial charge in [0.15, 0.2) is 6.10 Å². The number of esters is 3. The first kappa shape index (κ1) is 64.4. The zero-order valence-electron chi connectivity index (χ0n) is 45.3.